The molecule has 1 aliphatic heterocycles. The van der Waals surface area contributed by atoms with Crippen LogP contribution in [-0.4, -0.2) is 54.9 Å². The fourth-order valence-corrected chi connectivity index (χ4v) is 4.97. The van der Waals surface area contributed by atoms with Gasteiger partial charge in [0.15, 0.2) is 5.76 Å². The summed E-state index contributed by atoms with van der Waals surface area (Å²) < 4.78 is 45.1. The molecule has 0 radical (unpaired) electrons. The fraction of sp³-hybridized carbons (Fsp3) is 0.444. The number of rotatable bonds is 5. The topological polar surface area (TPSA) is 83.7 Å². The predicted octanol–water partition coefficient (Wildman–Crippen LogP) is 1.90. The first-order valence-corrected chi connectivity index (χ1v) is 10.2. The van der Waals surface area contributed by atoms with E-state index >= 15 is 0 Å². The van der Waals surface area contributed by atoms with E-state index in [0.29, 0.717) is 25.2 Å². The van der Waals surface area contributed by atoms with Crippen LogP contribution in [0.5, 0.6) is 0 Å². The van der Waals surface area contributed by atoms with Gasteiger partial charge in [0.05, 0.1) is 0 Å². The predicted molar refractivity (Wildman–Crippen MR) is 96.0 cm³/mol. The summed E-state index contributed by atoms with van der Waals surface area (Å²) in [4.78, 5) is 14.1. The number of piperazine rings is 1. The largest absolute Gasteiger partial charge is 0.360 e. The highest BCUT2D eigenvalue weighted by atomic mass is 32.2. The second-order valence-electron chi connectivity index (χ2n) is 6.57. The maximum atomic E-state index is 13.2. The van der Waals surface area contributed by atoms with Gasteiger partial charge in [-0.15, -0.1) is 0 Å². The first-order chi connectivity index (χ1) is 12.8. The zero-order valence-corrected chi connectivity index (χ0v) is 16.1. The molecule has 3 rings (SSSR count). The molecule has 2 heterocycles. The number of nitrogens with zero attached hydrogens (tertiary/aromatic N) is 3. The van der Waals surface area contributed by atoms with Crippen LogP contribution in [0, 0.1) is 19.7 Å². The van der Waals surface area contributed by atoms with Crippen molar-refractivity contribution < 1.29 is 22.1 Å². The third-order valence-corrected chi connectivity index (χ3v) is 6.82. The molecular formula is C18H22FN3O4S. The van der Waals surface area contributed by atoms with E-state index in [1.807, 2.05) is 0 Å². The molecule has 0 N–H and O–H groups in total. The molecule has 1 amide bonds. The van der Waals surface area contributed by atoms with Crippen molar-refractivity contribution in [1.82, 2.24) is 14.4 Å². The Morgan fingerprint density at radius 1 is 1.22 bits per heavy atom. The van der Waals surface area contributed by atoms with Crippen LogP contribution in [-0.2, 0) is 21.2 Å². The Hall–Kier alpha value is -2.26. The number of benzene rings is 1. The van der Waals surface area contributed by atoms with E-state index in [2.05, 4.69) is 5.16 Å². The summed E-state index contributed by atoms with van der Waals surface area (Å²) in [5.41, 5.74) is 1.10. The molecular weight excluding hydrogens is 373 g/mol. The molecule has 1 aliphatic rings. The Bertz CT molecular complexity index is 914. The molecule has 0 saturated carbocycles. The minimum Gasteiger partial charge on any atom is -0.360 e. The van der Waals surface area contributed by atoms with Gasteiger partial charge in [0.2, 0.25) is 15.9 Å². The molecule has 1 aromatic heterocycles. The van der Waals surface area contributed by atoms with Crippen LogP contribution < -0.4 is 0 Å². The average Bonchev–Trinajstić information content (AvgIpc) is 2.99. The normalized spacial score (nSPS) is 15.9. The third-order valence-electron chi connectivity index (χ3n) is 4.67. The van der Waals surface area contributed by atoms with Gasteiger partial charge >= 0.3 is 0 Å². The summed E-state index contributed by atoms with van der Waals surface area (Å²) >= 11 is 0. The van der Waals surface area contributed by atoms with E-state index in [-0.39, 0.29) is 41.9 Å². The van der Waals surface area contributed by atoms with E-state index in [0.717, 1.165) is 5.56 Å². The molecule has 0 atom stereocenters. The summed E-state index contributed by atoms with van der Waals surface area (Å²) in [5.74, 6) is -0.118. The van der Waals surface area contributed by atoms with Crippen molar-refractivity contribution in [2.75, 3.05) is 26.2 Å². The summed E-state index contributed by atoms with van der Waals surface area (Å²) in [5, 5.41) is 3.71. The van der Waals surface area contributed by atoms with Crippen LogP contribution in [0.3, 0.4) is 0 Å². The lowest BCUT2D eigenvalue weighted by molar-refractivity contribution is -0.132. The van der Waals surface area contributed by atoms with Crippen molar-refractivity contribution >= 4 is 15.9 Å². The molecule has 1 aromatic carbocycles. The van der Waals surface area contributed by atoms with Gasteiger partial charge in [-0.2, -0.15) is 4.31 Å². The Kier molecular flexibility index (Phi) is 5.61. The third kappa shape index (κ3) is 4.19. The lowest BCUT2D eigenvalue weighted by Crippen LogP contribution is -2.50. The first-order valence-electron chi connectivity index (χ1n) is 8.74. The van der Waals surface area contributed by atoms with Crippen LogP contribution >= 0.6 is 0 Å². The smallest absolute Gasteiger partial charge is 0.248 e. The number of aromatic nitrogens is 1. The van der Waals surface area contributed by atoms with Crippen LogP contribution in [0.2, 0.25) is 0 Å². The van der Waals surface area contributed by atoms with Gasteiger partial charge in [-0.05, 0) is 38.0 Å². The molecule has 146 valence electrons. The van der Waals surface area contributed by atoms with Crippen molar-refractivity contribution in [3.05, 3.63) is 47.1 Å². The molecule has 0 bridgehead atoms. The van der Waals surface area contributed by atoms with Gasteiger partial charge in [0, 0.05) is 32.6 Å². The van der Waals surface area contributed by atoms with E-state index in [4.69, 9.17) is 4.52 Å². The molecule has 1 saturated heterocycles. The van der Waals surface area contributed by atoms with Gasteiger partial charge in [-0.3, -0.25) is 4.79 Å². The van der Waals surface area contributed by atoms with E-state index in [1.54, 1.807) is 30.9 Å². The molecule has 0 aliphatic carbocycles. The van der Waals surface area contributed by atoms with Crippen molar-refractivity contribution in [3.8, 4) is 0 Å². The maximum Gasteiger partial charge on any atom is 0.248 e. The molecule has 0 spiro atoms. The fourth-order valence-electron chi connectivity index (χ4n) is 3.25. The molecule has 9 heteroatoms. The molecule has 7 nitrogen and oxygen atoms in total. The lowest BCUT2D eigenvalue weighted by atomic mass is 10.1. The highest BCUT2D eigenvalue weighted by Gasteiger charge is 2.34. The van der Waals surface area contributed by atoms with E-state index < -0.39 is 10.0 Å². The summed E-state index contributed by atoms with van der Waals surface area (Å²) in [6.07, 6.45) is 0.717. The maximum absolute atomic E-state index is 13.2. The summed E-state index contributed by atoms with van der Waals surface area (Å²) in [7, 11) is -3.69. The standard InChI is InChI=1S/C18H22FN3O4S/c1-13-18(14(2)26-20-13)27(24,25)22-10-8-21(9-11-22)17(23)7-6-15-4-3-5-16(19)12-15/h3-5,12H,6-11H2,1-2H3. The van der Waals surface area contributed by atoms with E-state index in [1.165, 1.54) is 16.4 Å². The minimum absolute atomic E-state index is 0.0614. The number of hydrogen-bond acceptors (Lipinski definition) is 5. The summed E-state index contributed by atoms with van der Waals surface area (Å²) in [6, 6.07) is 6.18. The van der Waals surface area contributed by atoms with Gasteiger partial charge in [-0.25, -0.2) is 12.8 Å². The Morgan fingerprint density at radius 2 is 1.93 bits per heavy atom. The number of halogens is 1. The molecule has 2 aromatic rings. The van der Waals surface area contributed by atoms with Crippen molar-refractivity contribution in [2.24, 2.45) is 0 Å². The van der Waals surface area contributed by atoms with Crippen LogP contribution in [0.1, 0.15) is 23.4 Å². The van der Waals surface area contributed by atoms with Gasteiger partial charge in [0.1, 0.15) is 16.4 Å². The van der Waals surface area contributed by atoms with Crippen molar-refractivity contribution in [3.63, 3.8) is 0 Å². The SMILES string of the molecule is Cc1noc(C)c1S(=O)(=O)N1CCN(C(=O)CCc2cccc(F)c2)CC1. The lowest BCUT2D eigenvalue weighted by Gasteiger charge is -2.34. The second-order valence-corrected chi connectivity index (χ2v) is 8.44. The second kappa shape index (κ2) is 7.77. The number of sulfonamides is 1. The monoisotopic (exact) mass is 395 g/mol. The van der Waals surface area contributed by atoms with Crippen LogP contribution in [0.15, 0.2) is 33.7 Å². The quantitative estimate of drug-likeness (QED) is 0.772. The zero-order chi connectivity index (χ0) is 19.6. The van der Waals surface area contributed by atoms with Crippen LogP contribution in [0.4, 0.5) is 4.39 Å². The molecule has 27 heavy (non-hydrogen) atoms. The zero-order valence-electron chi connectivity index (χ0n) is 15.3. The number of aryl methyl sites for hydroxylation is 3. The van der Waals surface area contributed by atoms with Crippen molar-refractivity contribution in [1.29, 1.82) is 0 Å². The number of amides is 1. The van der Waals surface area contributed by atoms with Gasteiger partial charge < -0.3 is 9.42 Å². The number of carbonyl (C=O) groups excluding carboxylic acids is 1. The number of carbonyl (C=O) groups is 1. The Balaban J connectivity index is 1.57. The van der Waals surface area contributed by atoms with Crippen LogP contribution in [0.25, 0.3) is 0 Å². The van der Waals surface area contributed by atoms with E-state index in [9.17, 15) is 17.6 Å². The van der Waals surface area contributed by atoms with Crippen molar-refractivity contribution in [2.45, 2.75) is 31.6 Å². The van der Waals surface area contributed by atoms with Gasteiger partial charge in [0.25, 0.3) is 0 Å². The molecule has 0 unspecified atom stereocenters. The first kappa shape index (κ1) is 19.5. The minimum atomic E-state index is -3.69. The average molecular weight is 395 g/mol. The molecule has 1 fully saturated rings. The summed E-state index contributed by atoms with van der Waals surface area (Å²) in [6.45, 7) is 4.25. The van der Waals surface area contributed by atoms with Gasteiger partial charge in [-0.1, -0.05) is 17.3 Å². The highest BCUT2D eigenvalue weighted by molar-refractivity contribution is 7.89. The number of hydrogen-bond donors (Lipinski definition) is 0. The Labute approximate surface area is 157 Å². The highest BCUT2D eigenvalue weighted by Crippen LogP contribution is 2.24. The Morgan fingerprint density at radius 3 is 2.52 bits per heavy atom.